The van der Waals surface area contributed by atoms with Crippen LogP contribution < -0.4 is 0 Å². The van der Waals surface area contributed by atoms with Crippen LogP contribution in [0.15, 0.2) is 146 Å². The summed E-state index contributed by atoms with van der Waals surface area (Å²) in [4.78, 5) is 10.3. The molecule has 0 aliphatic heterocycles. The van der Waals surface area contributed by atoms with Gasteiger partial charge in [0.1, 0.15) is 5.52 Å². The van der Waals surface area contributed by atoms with E-state index in [1.165, 1.54) is 65.7 Å². The van der Waals surface area contributed by atoms with Crippen molar-refractivity contribution in [2.75, 3.05) is 0 Å². The van der Waals surface area contributed by atoms with Gasteiger partial charge in [0.2, 0.25) is 0 Å². The zero-order valence-corrected chi connectivity index (χ0v) is 24.6. The van der Waals surface area contributed by atoms with Crippen molar-refractivity contribution in [1.29, 1.82) is 0 Å². The van der Waals surface area contributed by atoms with E-state index in [0.717, 1.165) is 33.1 Å². The van der Waals surface area contributed by atoms with E-state index in [-0.39, 0.29) is 0 Å². The van der Waals surface area contributed by atoms with Gasteiger partial charge in [-0.2, -0.15) is 0 Å². The molecule has 7 aromatic carbocycles. The molecule has 4 nitrogen and oxygen atoms in total. The molecule has 46 heavy (non-hydrogen) atoms. The first-order valence-electron chi connectivity index (χ1n) is 15.7. The third kappa shape index (κ3) is 3.07. The van der Waals surface area contributed by atoms with Gasteiger partial charge in [0.15, 0.2) is 5.65 Å². The Balaban J connectivity index is 1.22. The fraction of sp³-hybridized carbons (Fsp3) is 0. The van der Waals surface area contributed by atoms with Gasteiger partial charge in [0, 0.05) is 32.6 Å². The van der Waals surface area contributed by atoms with Crippen molar-refractivity contribution >= 4 is 82.0 Å². The molecule has 212 valence electrons. The normalized spacial score (nSPS) is 12.3. The molecule has 0 saturated carbocycles. The molecule has 0 aliphatic carbocycles. The number of aromatic nitrogens is 4. The van der Waals surface area contributed by atoms with Crippen LogP contribution >= 0.6 is 0 Å². The molecular formula is C42H24N4. The van der Waals surface area contributed by atoms with Crippen molar-refractivity contribution in [1.82, 2.24) is 18.9 Å². The summed E-state index contributed by atoms with van der Waals surface area (Å²) >= 11 is 0. The third-order valence-electron chi connectivity index (χ3n) is 9.79. The predicted molar refractivity (Wildman–Crippen MR) is 191 cm³/mol. The number of hydrogen-bond acceptors (Lipinski definition) is 2. The summed E-state index contributed by atoms with van der Waals surface area (Å²) in [5.41, 5.74) is 12.0. The Bertz CT molecular complexity index is 3020. The number of benzene rings is 7. The fourth-order valence-electron chi connectivity index (χ4n) is 7.81. The number of nitrogens with zero attached hydrogens (tertiary/aromatic N) is 4. The molecule has 0 aliphatic rings. The Morgan fingerprint density at radius 3 is 1.93 bits per heavy atom. The second-order valence-electron chi connectivity index (χ2n) is 12.2. The van der Waals surface area contributed by atoms with Gasteiger partial charge in [-0.15, -0.1) is 0 Å². The first kappa shape index (κ1) is 24.1. The summed E-state index contributed by atoms with van der Waals surface area (Å²) in [5, 5.41) is 8.62. The van der Waals surface area contributed by atoms with E-state index in [1.54, 1.807) is 0 Å². The minimum Gasteiger partial charge on any atom is -0.309 e. The standard InChI is InChI=1S/C42H24N4/c1-2-11-28(12-3-1)45-36-17-9-6-14-30(36)31-22-25(18-20-37(31)45)26-19-21-38-32(23-26)39-29-13-5-4-10-27(29)24-33-40-42(46(38)41(33)39)44-35-16-8-7-15-34(35)43-40/h1-24H. The topological polar surface area (TPSA) is 35.1 Å². The van der Waals surface area contributed by atoms with Crippen molar-refractivity contribution in [2.45, 2.75) is 0 Å². The Morgan fingerprint density at radius 2 is 1.09 bits per heavy atom. The Morgan fingerprint density at radius 1 is 0.435 bits per heavy atom. The molecule has 0 radical (unpaired) electrons. The number of para-hydroxylation sites is 4. The van der Waals surface area contributed by atoms with Crippen LogP contribution in [-0.2, 0) is 0 Å². The molecule has 0 amide bonds. The van der Waals surface area contributed by atoms with E-state index in [0.29, 0.717) is 0 Å². The lowest BCUT2D eigenvalue weighted by molar-refractivity contribution is 1.18. The second kappa shape index (κ2) is 8.68. The Hall–Kier alpha value is -6.26. The molecule has 4 heteroatoms. The highest BCUT2D eigenvalue weighted by atomic mass is 15.0. The zero-order valence-electron chi connectivity index (χ0n) is 24.6. The lowest BCUT2D eigenvalue weighted by Crippen LogP contribution is -1.92. The van der Waals surface area contributed by atoms with Crippen molar-refractivity contribution in [2.24, 2.45) is 0 Å². The van der Waals surface area contributed by atoms with Gasteiger partial charge in [-0.25, -0.2) is 9.97 Å². The Labute approximate surface area is 262 Å². The maximum absolute atomic E-state index is 5.18. The fourth-order valence-corrected chi connectivity index (χ4v) is 7.81. The summed E-state index contributed by atoms with van der Waals surface area (Å²) < 4.78 is 4.70. The lowest BCUT2D eigenvalue weighted by Gasteiger charge is -2.08. The predicted octanol–water partition coefficient (Wildman–Crippen LogP) is 10.7. The van der Waals surface area contributed by atoms with Gasteiger partial charge < -0.3 is 4.57 Å². The molecule has 4 aromatic heterocycles. The van der Waals surface area contributed by atoms with Crippen LogP contribution in [0, 0.1) is 0 Å². The molecular weight excluding hydrogens is 560 g/mol. The molecule has 0 N–H and O–H groups in total. The number of fused-ring (bicyclic) bond motifs is 12. The summed E-state index contributed by atoms with van der Waals surface area (Å²) in [6.45, 7) is 0. The number of rotatable bonds is 2. The first-order valence-corrected chi connectivity index (χ1v) is 15.7. The van der Waals surface area contributed by atoms with Crippen LogP contribution in [-0.4, -0.2) is 18.9 Å². The van der Waals surface area contributed by atoms with E-state index < -0.39 is 0 Å². The molecule has 0 saturated heterocycles. The third-order valence-corrected chi connectivity index (χ3v) is 9.79. The van der Waals surface area contributed by atoms with E-state index in [9.17, 15) is 0 Å². The molecule has 0 fully saturated rings. The molecule has 4 heterocycles. The highest BCUT2D eigenvalue weighted by molar-refractivity contribution is 6.31. The monoisotopic (exact) mass is 584 g/mol. The first-order chi connectivity index (χ1) is 22.8. The summed E-state index contributed by atoms with van der Waals surface area (Å²) in [7, 11) is 0. The molecule has 0 atom stereocenters. The zero-order chi connectivity index (χ0) is 29.9. The van der Waals surface area contributed by atoms with Crippen molar-refractivity contribution in [3.05, 3.63) is 146 Å². The van der Waals surface area contributed by atoms with E-state index in [1.807, 2.05) is 24.3 Å². The van der Waals surface area contributed by atoms with Crippen LogP contribution in [0.5, 0.6) is 0 Å². The largest absolute Gasteiger partial charge is 0.309 e. The summed E-state index contributed by atoms with van der Waals surface area (Å²) in [6.07, 6.45) is 0. The van der Waals surface area contributed by atoms with Crippen molar-refractivity contribution in [3.63, 3.8) is 0 Å². The smallest absolute Gasteiger partial charge is 0.165 e. The highest BCUT2D eigenvalue weighted by Gasteiger charge is 2.22. The molecule has 11 aromatic rings. The number of hydrogen-bond donors (Lipinski definition) is 0. The van der Waals surface area contributed by atoms with E-state index in [2.05, 4.69) is 130 Å². The minimum atomic E-state index is 0.909. The quantitative estimate of drug-likeness (QED) is 0.203. The van der Waals surface area contributed by atoms with Gasteiger partial charge in [0.25, 0.3) is 0 Å². The van der Waals surface area contributed by atoms with Crippen LogP contribution in [0.2, 0.25) is 0 Å². The molecule has 11 rings (SSSR count). The van der Waals surface area contributed by atoms with Crippen molar-refractivity contribution in [3.8, 4) is 16.8 Å². The molecule has 0 unspecified atom stereocenters. The Kier molecular flexibility index (Phi) is 4.55. The van der Waals surface area contributed by atoms with Crippen LogP contribution in [0.4, 0.5) is 0 Å². The van der Waals surface area contributed by atoms with E-state index in [4.69, 9.17) is 9.97 Å². The average Bonchev–Trinajstić information content (AvgIpc) is 3.74. The SMILES string of the molecule is c1ccc(-n2c3ccccc3c3cc(-c4ccc5c(c4)c4c6ccccc6cc6c7nc8ccccc8nc7n5c64)ccc32)cc1. The van der Waals surface area contributed by atoms with Gasteiger partial charge in [0.05, 0.1) is 33.1 Å². The lowest BCUT2D eigenvalue weighted by atomic mass is 9.98. The highest BCUT2D eigenvalue weighted by Crippen LogP contribution is 2.44. The van der Waals surface area contributed by atoms with Gasteiger partial charge >= 0.3 is 0 Å². The maximum atomic E-state index is 5.18. The van der Waals surface area contributed by atoms with Gasteiger partial charge in [-0.3, -0.25) is 4.40 Å². The van der Waals surface area contributed by atoms with Crippen LogP contribution in [0.1, 0.15) is 0 Å². The summed E-state index contributed by atoms with van der Waals surface area (Å²) in [5.74, 6) is 0. The second-order valence-corrected chi connectivity index (χ2v) is 12.2. The van der Waals surface area contributed by atoms with Crippen molar-refractivity contribution < 1.29 is 0 Å². The summed E-state index contributed by atoms with van der Waals surface area (Å²) in [6, 6.07) is 52.3. The van der Waals surface area contributed by atoms with Gasteiger partial charge in [-0.05, 0) is 82.6 Å². The molecule has 0 spiro atoms. The maximum Gasteiger partial charge on any atom is 0.165 e. The van der Waals surface area contributed by atoms with Crippen LogP contribution in [0.3, 0.4) is 0 Å². The van der Waals surface area contributed by atoms with E-state index >= 15 is 0 Å². The van der Waals surface area contributed by atoms with Gasteiger partial charge in [-0.1, -0.05) is 84.9 Å². The molecule has 0 bridgehead atoms. The van der Waals surface area contributed by atoms with Crippen LogP contribution in [0.25, 0.3) is 98.8 Å². The minimum absolute atomic E-state index is 0.909. The average molecular weight is 585 g/mol.